The molecular formula is C7H18N+. The van der Waals surface area contributed by atoms with Gasteiger partial charge in [-0.1, -0.05) is 6.92 Å². The lowest BCUT2D eigenvalue weighted by Gasteiger charge is -2.27. The Bertz CT molecular complexity index is 57.4. The first kappa shape index (κ1) is 7.96. The van der Waals surface area contributed by atoms with E-state index in [9.17, 15) is 0 Å². The smallest absolute Gasteiger partial charge is 0.0779 e. The van der Waals surface area contributed by atoms with Crippen LogP contribution in [0.4, 0.5) is 0 Å². The predicted octanol–water partition coefficient (Wildman–Crippen LogP) is 1.49. The molecule has 0 aliphatic heterocycles. The minimum Gasteiger partial charge on any atom is -0.329 e. The molecule has 0 saturated carbocycles. The molecule has 1 nitrogen and oxygen atoms in total. The Kier molecular flexibility index (Phi) is 3.06. The van der Waals surface area contributed by atoms with E-state index in [0.29, 0.717) is 0 Å². The van der Waals surface area contributed by atoms with Gasteiger partial charge < -0.3 is 4.48 Å². The maximum atomic E-state index is 2.27. The van der Waals surface area contributed by atoms with Crippen LogP contribution in [0.5, 0.6) is 0 Å². The van der Waals surface area contributed by atoms with Crippen molar-refractivity contribution in [3.8, 4) is 0 Å². The second-order valence-electron chi connectivity index (χ2n) is 2.98. The zero-order valence-electron chi connectivity index (χ0n) is 6.57. The molecule has 0 N–H and O–H groups in total. The van der Waals surface area contributed by atoms with Gasteiger partial charge in [0.05, 0.1) is 27.2 Å². The van der Waals surface area contributed by atoms with Gasteiger partial charge in [-0.3, -0.25) is 0 Å². The van der Waals surface area contributed by atoms with Gasteiger partial charge in [0.2, 0.25) is 0 Å². The van der Waals surface area contributed by atoms with Gasteiger partial charge in [0.15, 0.2) is 0 Å². The third kappa shape index (κ3) is 3.03. The lowest BCUT2D eigenvalue weighted by molar-refractivity contribution is -0.888. The Morgan fingerprint density at radius 1 is 1.12 bits per heavy atom. The Morgan fingerprint density at radius 3 is 1.75 bits per heavy atom. The van der Waals surface area contributed by atoms with Crippen molar-refractivity contribution >= 4 is 0 Å². The largest absolute Gasteiger partial charge is 0.329 e. The van der Waals surface area contributed by atoms with Gasteiger partial charge in [0, 0.05) is 0 Å². The number of nitrogens with zero attached hydrogens (tertiary/aromatic N) is 1. The Labute approximate surface area is 52.9 Å². The molecule has 0 aromatic carbocycles. The molecule has 0 aliphatic carbocycles. The summed E-state index contributed by atoms with van der Waals surface area (Å²) in [6, 6.07) is 0. The molecule has 0 heterocycles. The highest BCUT2D eigenvalue weighted by Crippen LogP contribution is 1.95. The zero-order chi connectivity index (χ0) is 6.62. The van der Waals surface area contributed by atoms with Crippen LogP contribution in [-0.2, 0) is 0 Å². The fraction of sp³-hybridized carbons (Fsp3) is 1.00. The van der Waals surface area contributed by atoms with Crippen molar-refractivity contribution in [2.75, 3.05) is 27.2 Å². The summed E-state index contributed by atoms with van der Waals surface area (Å²) < 4.78 is 1.16. The molecule has 0 aliphatic rings. The Hall–Kier alpha value is -0.0400. The van der Waals surface area contributed by atoms with Crippen LogP contribution in [0.2, 0.25) is 0 Å². The van der Waals surface area contributed by atoms with Crippen molar-refractivity contribution in [1.29, 1.82) is 0 Å². The van der Waals surface area contributed by atoms with E-state index in [2.05, 4.69) is 27.9 Å². The molecule has 0 unspecified atom stereocenters. The molecular weight excluding hydrogens is 98.1 g/mol. The minimum absolute atomic E-state index is 1.16. The molecule has 0 amide bonds. The van der Waals surface area contributed by atoms with Crippen LogP contribution in [0.25, 0.3) is 0 Å². The highest BCUT2D eigenvalue weighted by Gasteiger charge is 2.07. The second-order valence-corrected chi connectivity index (χ2v) is 2.98. The molecule has 50 valence electrons. The first-order chi connectivity index (χ1) is 3.62. The number of hydrogen-bond acceptors (Lipinski definition) is 0. The summed E-state index contributed by atoms with van der Waals surface area (Å²) in [5.74, 6) is 0. The van der Waals surface area contributed by atoms with Gasteiger partial charge in [-0.25, -0.2) is 0 Å². The Morgan fingerprint density at radius 2 is 1.62 bits per heavy atom. The maximum Gasteiger partial charge on any atom is 0.0779 e. The molecule has 0 fully saturated rings. The molecule has 1 heteroatoms. The van der Waals surface area contributed by atoms with Gasteiger partial charge >= 0.3 is 0 Å². The minimum atomic E-state index is 1.16. The van der Waals surface area contributed by atoms with Gasteiger partial charge in [-0.05, 0) is 13.3 Å². The van der Waals surface area contributed by atoms with Crippen LogP contribution in [0.1, 0.15) is 20.3 Å². The quantitative estimate of drug-likeness (QED) is 0.490. The average Bonchev–Trinajstić information content (AvgIpc) is 1.67. The van der Waals surface area contributed by atoms with Gasteiger partial charge in [-0.2, -0.15) is 0 Å². The summed E-state index contributed by atoms with van der Waals surface area (Å²) >= 11 is 0. The van der Waals surface area contributed by atoms with Crippen LogP contribution >= 0.6 is 0 Å². The fourth-order valence-electron chi connectivity index (χ4n) is 0.763. The van der Waals surface area contributed by atoms with Gasteiger partial charge in [0.1, 0.15) is 0 Å². The van der Waals surface area contributed by atoms with E-state index in [4.69, 9.17) is 0 Å². The van der Waals surface area contributed by atoms with E-state index < -0.39 is 0 Å². The summed E-state index contributed by atoms with van der Waals surface area (Å²) in [6.07, 6.45) is 1.29. The topological polar surface area (TPSA) is 0 Å². The van der Waals surface area contributed by atoms with E-state index in [1.54, 1.807) is 0 Å². The van der Waals surface area contributed by atoms with Crippen molar-refractivity contribution in [2.45, 2.75) is 20.3 Å². The van der Waals surface area contributed by atoms with Crippen LogP contribution in [-0.4, -0.2) is 31.7 Å². The number of hydrogen-bond donors (Lipinski definition) is 0. The summed E-state index contributed by atoms with van der Waals surface area (Å²) in [5.41, 5.74) is 0. The summed E-state index contributed by atoms with van der Waals surface area (Å²) in [6.45, 7) is 7.01. The van der Waals surface area contributed by atoms with E-state index in [0.717, 1.165) is 4.48 Å². The number of quaternary nitrogens is 1. The summed E-state index contributed by atoms with van der Waals surface area (Å²) in [4.78, 5) is 0. The third-order valence-electron chi connectivity index (χ3n) is 1.68. The standard InChI is InChI=1S/C7H18N/c1-5-7-8(3,4)6-2/h5-7H2,1-4H3/q+1. The van der Waals surface area contributed by atoms with Crippen LogP contribution in [0.15, 0.2) is 0 Å². The first-order valence-corrected chi connectivity index (χ1v) is 3.44. The highest BCUT2D eigenvalue weighted by atomic mass is 15.3. The molecule has 0 spiro atoms. The third-order valence-corrected chi connectivity index (χ3v) is 1.68. The Balaban J connectivity index is 3.37. The van der Waals surface area contributed by atoms with Crippen molar-refractivity contribution in [1.82, 2.24) is 0 Å². The zero-order valence-corrected chi connectivity index (χ0v) is 6.57. The molecule has 0 bridgehead atoms. The fourth-order valence-corrected chi connectivity index (χ4v) is 0.763. The molecule has 0 saturated heterocycles. The summed E-state index contributed by atoms with van der Waals surface area (Å²) in [7, 11) is 4.53. The first-order valence-electron chi connectivity index (χ1n) is 3.44. The summed E-state index contributed by atoms with van der Waals surface area (Å²) in [5, 5.41) is 0. The monoisotopic (exact) mass is 116 g/mol. The molecule has 8 heavy (non-hydrogen) atoms. The molecule has 0 aromatic heterocycles. The van der Waals surface area contributed by atoms with E-state index in [1.165, 1.54) is 19.5 Å². The van der Waals surface area contributed by atoms with E-state index in [1.807, 2.05) is 0 Å². The van der Waals surface area contributed by atoms with Gasteiger partial charge in [-0.15, -0.1) is 0 Å². The van der Waals surface area contributed by atoms with Crippen molar-refractivity contribution in [3.05, 3.63) is 0 Å². The molecule has 0 radical (unpaired) electrons. The van der Waals surface area contributed by atoms with Crippen LogP contribution in [0, 0.1) is 0 Å². The second kappa shape index (κ2) is 3.08. The molecule has 0 rings (SSSR count). The lowest BCUT2D eigenvalue weighted by atomic mass is 10.4. The van der Waals surface area contributed by atoms with Crippen LogP contribution < -0.4 is 0 Å². The van der Waals surface area contributed by atoms with E-state index >= 15 is 0 Å². The highest BCUT2D eigenvalue weighted by molar-refractivity contribution is 4.25. The van der Waals surface area contributed by atoms with Gasteiger partial charge in [0.25, 0.3) is 0 Å². The number of rotatable bonds is 3. The lowest BCUT2D eigenvalue weighted by Crippen LogP contribution is -2.39. The average molecular weight is 116 g/mol. The molecule has 0 atom stereocenters. The SMILES string of the molecule is CCC[N+](C)(C)CC. The van der Waals surface area contributed by atoms with Crippen LogP contribution in [0.3, 0.4) is 0 Å². The van der Waals surface area contributed by atoms with E-state index in [-0.39, 0.29) is 0 Å². The van der Waals surface area contributed by atoms with Crippen molar-refractivity contribution < 1.29 is 4.48 Å². The normalized spacial score (nSPS) is 12.0. The maximum absolute atomic E-state index is 2.27. The predicted molar refractivity (Wildman–Crippen MR) is 37.8 cm³/mol. The van der Waals surface area contributed by atoms with Crippen molar-refractivity contribution in [3.63, 3.8) is 0 Å². The van der Waals surface area contributed by atoms with Crippen molar-refractivity contribution in [2.24, 2.45) is 0 Å². The molecule has 0 aromatic rings.